The minimum atomic E-state index is -1.83. The van der Waals surface area contributed by atoms with Crippen molar-refractivity contribution in [3.63, 3.8) is 0 Å². The smallest absolute Gasteiger partial charge is 0.305 e. The number of carboxylic acid groups (broad SMARTS) is 1. The predicted octanol–water partition coefficient (Wildman–Crippen LogP) is -0.660. The molecule has 1 aromatic rings. The molecule has 1 saturated heterocycles. The summed E-state index contributed by atoms with van der Waals surface area (Å²) < 4.78 is 0. The SMILES string of the molecule is CCCCCCCC(=O)N[C@@H](C)C(=O)N(C)[C@@H](Cc1ccccc1)C(=O)N[C@@H](CCCN=C(N)N)C(=O)N[C@@H](CC(C)C)C(=O)N1C[C@H](O)C[C@H]1C(=O)N(C)[C@H](CC(C)C)C(=O)N[C@@H](CC(=O)O)C(=O)N[C@@H](CCCN=C(N)N)C(=O)N[C@H](C(N)=O)[C@@H](C)CC. The minimum absolute atomic E-state index is 0.00654. The number of unbranched alkanes of at least 4 members (excludes halogenated alkanes) is 4. The molecule has 29 heteroatoms. The molecule has 10 amide bonds. The van der Waals surface area contributed by atoms with E-state index in [0.717, 1.165) is 35.5 Å². The Morgan fingerprint density at radius 1 is 0.622 bits per heavy atom. The van der Waals surface area contributed by atoms with E-state index in [1.165, 1.54) is 25.9 Å². The van der Waals surface area contributed by atoms with Crippen LogP contribution in [-0.2, 0) is 59.2 Å². The number of hydrogen-bond acceptors (Lipinski definition) is 14. The molecule has 0 aliphatic carbocycles. The number of β-amino-alcohol motifs (C(OH)–C–C–N with tert-alkyl or cyclic N) is 1. The Kier molecular flexibility index (Phi) is 34.5. The Bertz CT molecular complexity index is 2600. The zero-order valence-electron chi connectivity index (χ0n) is 54.3. The van der Waals surface area contributed by atoms with Crippen molar-refractivity contribution in [2.24, 2.45) is 56.4 Å². The Balaban J connectivity index is 2.55. The number of nitrogens with two attached hydrogens (primary N) is 5. The lowest BCUT2D eigenvalue weighted by atomic mass is 9.97. The van der Waals surface area contributed by atoms with Gasteiger partial charge < -0.3 is 85.5 Å². The van der Waals surface area contributed by atoms with E-state index < -0.39 is 132 Å². The van der Waals surface area contributed by atoms with E-state index in [0.29, 0.717) is 18.4 Å². The minimum Gasteiger partial charge on any atom is -0.481 e. The Hall–Kier alpha value is -8.11. The number of carboxylic acids is 1. The maximum Gasteiger partial charge on any atom is 0.305 e. The molecule has 0 radical (unpaired) electrons. The highest BCUT2D eigenvalue weighted by atomic mass is 16.4. The summed E-state index contributed by atoms with van der Waals surface area (Å²) >= 11 is 0. The first-order chi connectivity index (χ1) is 42.3. The molecule has 0 spiro atoms. The first-order valence-corrected chi connectivity index (χ1v) is 31.3. The maximum absolute atomic E-state index is 15.0. The summed E-state index contributed by atoms with van der Waals surface area (Å²) in [5, 5.41) is 37.0. The molecule has 1 fully saturated rings. The Morgan fingerprint density at radius 3 is 1.66 bits per heavy atom. The van der Waals surface area contributed by atoms with Crippen molar-refractivity contribution < 1.29 is 63.0 Å². The van der Waals surface area contributed by atoms with Gasteiger partial charge >= 0.3 is 5.97 Å². The predicted molar refractivity (Wildman–Crippen MR) is 340 cm³/mol. The second kappa shape index (κ2) is 39.8. The van der Waals surface area contributed by atoms with Crippen LogP contribution in [0.2, 0.25) is 0 Å². The normalized spacial score (nSPS) is 16.7. The third-order valence-electron chi connectivity index (χ3n) is 15.6. The molecule has 2 rings (SSSR count). The number of nitrogens with one attached hydrogen (secondary N) is 6. The van der Waals surface area contributed by atoms with Crippen LogP contribution in [-0.4, -0.2) is 196 Å². The molecule has 11 atom stereocenters. The quantitative estimate of drug-likeness (QED) is 0.0220. The van der Waals surface area contributed by atoms with Crippen LogP contribution in [0.15, 0.2) is 40.3 Å². The summed E-state index contributed by atoms with van der Waals surface area (Å²) in [4.78, 5) is 164. The lowest BCUT2D eigenvalue weighted by molar-refractivity contribution is -0.149. The van der Waals surface area contributed by atoms with Gasteiger partial charge in [0.2, 0.25) is 59.1 Å². The Morgan fingerprint density at radius 2 is 1.13 bits per heavy atom. The lowest BCUT2D eigenvalue weighted by Gasteiger charge is -2.35. The number of benzene rings is 1. The molecule has 18 N–H and O–H groups in total. The number of primary amides is 1. The van der Waals surface area contributed by atoms with Crippen LogP contribution in [0.25, 0.3) is 0 Å². The van der Waals surface area contributed by atoms with E-state index in [2.05, 4.69) is 48.8 Å². The summed E-state index contributed by atoms with van der Waals surface area (Å²) in [6.45, 7) is 13.9. The van der Waals surface area contributed by atoms with Crippen molar-refractivity contribution >= 4 is 77.0 Å². The molecular formula is C61H104N16O13. The second-order valence-corrected chi connectivity index (χ2v) is 24.2. The largest absolute Gasteiger partial charge is 0.481 e. The number of likely N-dealkylation sites (tertiary alicyclic amines) is 1. The highest BCUT2D eigenvalue weighted by molar-refractivity contribution is 5.99. The molecule has 1 aliphatic heterocycles. The number of hydrogen-bond donors (Lipinski definition) is 13. The molecule has 0 aromatic heterocycles. The van der Waals surface area contributed by atoms with Crippen molar-refractivity contribution in [2.75, 3.05) is 33.7 Å². The lowest BCUT2D eigenvalue weighted by Crippen LogP contribution is -2.61. The number of amides is 10. The standard InChI is InChI=1S/C61H104N16O13/c1-11-13-14-15-19-26-48(79)69-38(8)57(88)75(9)46(31-39-22-17-16-18-23-39)56(87)71-41(24-20-27-67-60(63)64)52(83)73-44(29-35(3)4)58(89)77-34-40(78)32-47(77)59(90)76(10)45(30-36(5)6)55(86)72-43(33-49(80)81)54(85)70-42(25-21-28-68-61(65)66)53(84)74-50(51(62)82)37(7)12-2/h16-18,22-23,35-38,40-47,50,78H,11-15,19-21,24-34H2,1-10H3,(H2,62,82)(H,69,79)(H,70,85)(H,71,87)(H,72,86)(H,73,83)(H,74,84)(H,80,81)(H4,63,64,67)(H4,65,66,68)/t37-,38-,40+,41-,42-,43-,44-,45+,46-,47-,50-/m0/s1. The average Bonchev–Trinajstić information content (AvgIpc) is 1.62. The highest BCUT2D eigenvalue weighted by Gasteiger charge is 2.45. The third-order valence-corrected chi connectivity index (χ3v) is 15.6. The van der Waals surface area contributed by atoms with Crippen LogP contribution >= 0.6 is 0 Å². The van der Waals surface area contributed by atoms with Crippen LogP contribution in [0.5, 0.6) is 0 Å². The number of carbonyl (C=O) groups excluding carboxylic acids is 10. The molecule has 1 heterocycles. The number of nitrogens with zero attached hydrogens (tertiary/aromatic N) is 5. The van der Waals surface area contributed by atoms with Crippen LogP contribution in [0.1, 0.15) is 157 Å². The van der Waals surface area contributed by atoms with Gasteiger partial charge in [0.15, 0.2) is 11.9 Å². The van der Waals surface area contributed by atoms with Gasteiger partial charge in [-0.25, -0.2) is 0 Å². The Labute approximate surface area is 529 Å². The fourth-order valence-electron chi connectivity index (χ4n) is 10.4. The van der Waals surface area contributed by atoms with E-state index in [1.54, 1.807) is 71.9 Å². The maximum atomic E-state index is 15.0. The molecule has 0 saturated carbocycles. The molecule has 1 aromatic carbocycles. The molecule has 1 aliphatic rings. The zero-order chi connectivity index (χ0) is 67.9. The van der Waals surface area contributed by atoms with Gasteiger partial charge in [-0.1, -0.05) is 111 Å². The second-order valence-electron chi connectivity index (χ2n) is 24.2. The van der Waals surface area contributed by atoms with E-state index in [4.69, 9.17) is 28.7 Å². The third kappa shape index (κ3) is 27.3. The molecule has 506 valence electrons. The van der Waals surface area contributed by atoms with Gasteiger partial charge in [-0.3, -0.25) is 62.7 Å². The van der Waals surface area contributed by atoms with Gasteiger partial charge in [0.1, 0.15) is 54.4 Å². The van der Waals surface area contributed by atoms with Gasteiger partial charge in [0.25, 0.3) is 0 Å². The molecule has 90 heavy (non-hydrogen) atoms. The van der Waals surface area contributed by atoms with E-state index in [9.17, 15) is 63.0 Å². The number of aliphatic hydroxyl groups excluding tert-OH is 1. The monoisotopic (exact) mass is 1270 g/mol. The first-order valence-electron chi connectivity index (χ1n) is 31.3. The average molecular weight is 1270 g/mol. The summed E-state index contributed by atoms with van der Waals surface area (Å²) in [6.07, 6.45) is 2.82. The van der Waals surface area contributed by atoms with Crippen molar-refractivity contribution in [2.45, 2.75) is 219 Å². The van der Waals surface area contributed by atoms with Gasteiger partial charge in [0.05, 0.1) is 12.5 Å². The number of aliphatic imine (C=N–C) groups is 2. The van der Waals surface area contributed by atoms with Crippen molar-refractivity contribution in [3.8, 4) is 0 Å². The van der Waals surface area contributed by atoms with Crippen LogP contribution in [0.4, 0.5) is 0 Å². The number of guanidine groups is 2. The highest BCUT2D eigenvalue weighted by Crippen LogP contribution is 2.25. The van der Waals surface area contributed by atoms with E-state index in [-0.39, 0.29) is 107 Å². The van der Waals surface area contributed by atoms with Crippen molar-refractivity contribution in [1.82, 2.24) is 46.6 Å². The molecule has 29 nitrogen and oxygen atoms in total. The summed E-state index contributed by atoms with van der Waals surface area (Å²) in [6, 6.07) is -3.28. The number of aliphatic carboxylic acids is 1. The van der Waals surface area contributed by atoms with Crippen molar-refractivity contribution in [3.05, 3.63) is 35.9 Å². The molecule has 0 unspecified atom stereocenters. The van der Waals surface area contributed by atoms with Crippen LogP contribution in [0.3, 0.4) is 0 Å². The van der Waals surface area contributed by atoms with Gasteiger partial charge in [-0.2, -0.15) is 0 Å². The molecule has 0 bridgehead atoms. The fourth-order valence-corrected chi connectivity index (χ4v) is 10.4. The molecular weight excluding hydrogens is 1160 g/mol. The van der Waals surface area contributed by atoms with Gasteiger partial charge in [-0.15, -0.1) is 0 Å². The topological polar surface area (TPSA) is 465 Å². The van der Waals surface area contributed by atoms with Gasteiger partial charge in [0, 0.05) is 53.0 Å². The van der Waals surface area contributed by atoms with Crippen LogP contribution in [0, 0.1) is 17.8 Å². The van der Waals surface area contributed by atoms with Gasteiger partial charge in [-0.05, 0) is 75.2 Å². The summed E-state index contributed by atoms with van der Waals surface area (Å²) in [5.41, 5.74) is 28.4. The summed E-state index contributed by atoms with van der Waals surface area (Å²) in [5.74, 6) is -10.7. The first kappa shape index (κ1) is 78.0. The zero-order valence-corrected chi connectivity index (χ0v) is 54.3. The number of aliphatic hydroxyl groups is 1. The number of carbonyl (C=O) groups is 11. The number of likely N-dealkylation sites (N-methyl/N-ethyl adjacent to an activating group) is 2. The summed E-state index contributed by atoms with van der Waals surface area (Å²) in [7, 11) is 2.71. The fraction of sp³-hybridized carbons (Fsp3) is 0.689. The number of rotatable bonds is 41. The van der Waals surface area contributed by atoms with E-state index in [1.807, 2.05) is 0 Å². The van der Waals surface area contributed by atoms with E-state index >= 15 is 0 Å². The van der Waals surface area contributed by atoms with Crippen LogP contribution < -0.4 is 60.6 Å². The van der Waals surface area contributed by atoms with Crippen molar-refractivity contribution in [1.29, 1.82) is 0 Å².